The molecule has 0 bridgehead atoms. The van der Waals surface area contributed by atoms with Crippen molar-refractivity contribution in [3.63, 3.8) is 0 Å². The van der Waals surface area contributed by atoms with Crippen LogP contribution in [0.5, 0.6) is 0 Å². The van der Waals surface area contributed by atoms with E-state index in [9.17, 15) is 14.0 Å². The number of carbonyl (C=O) groups is 2. The summed E-state index contributed by atoms with van der Waals surface area (Å²) in [6, 6.07) is 15.0. The lowest BCUT2D eigenvalue weighted by Crippen LogP contribution is -2.30. The van der Waals surface area contributed by atoms with Gasteiger partial charge in [0.1, 0.15) is 12.4 Å². The van der Waals surface area contributed by atoms with Crippen LogP contribution in [0.2, 0.25) is 0 Å². The quantitative estimate of drug-likeness (QED) is 0.440. The van der Waals surface area contributed by atoms with Gasteiger partial charge in [0.15, 0.2) is 0 Å². The van der Waals surface area contributed by atoms with Crippen LogP contribution < -0.4 is 4.90 Å². The van der Waals surface area contributed by atoms with Crippen LogP contribution in [0, 0.1) is 17.7 Å². The Morgan fingerprint density at radius 2 is 1.58 bits per heavy atom. The zero-order valence-corrected chi connectivity index (χ0v) is 19.2. The first-order valence-electron chi connectivity index (χ1n) is 11.5. The number of ether oxygens (including phenoxy) is 3. The lowest BCUT2D eigenvalue weighted by Gasteiger charge is -2.29. The number of esters is 1. The smallest absolute Gasteiger partial charge is 0.418 e. The van der Waals surface area contributed by atoms with Crippen LogP contribution in [0.25, 0.3) is 0 Å². The molecule has 7 heteroatoms. The topological polar surface area (TPSA) is 65.1 Å². The summed E-state index contributed by atoms with van der Waals surface area (Å²) in [5.74, 6) is -0.107. The molecular weight excluding hydrogens is 425 g/mol. The van der Waals surface area contributed by atoms with Crippen molar-refractivity contribution < 1.29 is 28.2 Å². The van der Waals surface area contributed by atoms with Gasteiger partial charge in [-0.15, -0.1) is 0 Å². The molecule has 0 saturated heterocycles. The number of benzene rings is 2. The third kappa shape index (κ3) is 7.86. The lowest BCUT2D eigenvalue weighted by molar-refractivity contribution is -0.153. The van der Waals surface area contributed by atoms with Gasteiger partial charge in [-0.1, -0.05) is 24.3 Å². The predicted octanol–water partition coefficient (Wildman–Crippen LogP) is 5.88. The number of hydrogen-bond acceptors (Lipinski definition) is 5. The average Bonchev–Trinajstić information content (AvgIpc) is 2.79. The molecule has 1 saturated carbocycles. The van der Waals surface area contributed by atoms with Crippen LogP contribution in [0.4, 0.5) is 20.6 Å². The SMILES string of the molecule is CC(C)OC(=O)COCC1CCC(COC(=O)N(c2ccccc2)c2cccc(F)c2)CC1. The number of para-hydroxylation sites is 1. The van der Waals surface area contributed by atoms with Crippen molar-refractivity contribution in [1.29, 1.82) is 0 Å². The average molecular weight is 458 g/mol. The maximum absolute atomic E-state index is 13.8. The summed E-state index contributed by atoms with van der Waals surface area (Å²) >= 11 is 0. The first-order chi connectivity index (χ1) is 15.9. The maximum Gasteiger partial charge on any atom is 0.418 e. The molecule has 1 aliphatic carbocycles. The molecule has 2 aromatic carbocycles. The van der Waals surface area contributed by atoms with Crippen molar-refractivity contribution in [3.05, 3.63) is 60.4 Å². The van der Waals surface area contributed by atoms with Crippen LogP contribution in [0.3, 0.4) is 0 Å². The van der Waals surface area contributed by atoms with E-state index in [-0.39, 0.29) is 24.6 Å². The Labute approximate surface area is 194 Å². The van der Waals surface area contributed by atoms with Crippen molar-refractivity contribution in [2.75, 3.05) is 24.7 Å². The number of carbonyl (C=O) groups excluding carboxylic acids is 2. The summed E-state index contributed by atoms with van der Waals surface area (Å²) in [5, 5.41) is 0. The molecule has 1 fully saturated rings. The minimum absolute atomic E-state index is 0.0227. The Balaban J connectivity index is 1.47. The zero-order valence-electron chi connectivity index (χ0n) is 19.2. The molecular formula is C26H32FNO5. The second kappa shape index (κ2) is 12.3. The number of amides is 1. The fourth-order valence-electron chi connectivity index (χ4n) is 3.98. The minimum atomic E-state index is -0.527. The monoisotopic (exact) mass is 457 g/mol. The van der Waals surface area contributed by atoms with E-state index in [0.29, 0.717) is 30.5 Å². The van der Waals surface area contributed by atoms with Gasteiger partial charge in [0.25, 0.3) is 0 Å². The Morgan fingerprint density at radius 1 is 0.939 bits per heavy atom. The van der Waals surface area contributed by atoms with Crippen molar-refractivity contribution in [1.82, 2.24) is 0 Å². The highest BCUT2D eigenvalue weighted by Gasteiger charge is 2.25. The summed E-state index contributed by atoms with van der Waals surface area (Å²) in [6.45, 7) is 4.43. The number of halogens is 1. The van der Waals surface area contributed by atoms with E-state index in [4.69, 9.17) is 14.2 Å². The molecule has 0 N–H and O–H groups in total. The van der Waals surface area contributed by atoms with Gasteiger partial charge in [0, 0.05) is 0 Å². The van der Waals surface area contributed by atoms with Crippen molar-refractivity contribution in [3.8, 4) is 0 Å². The summed E-state index contributed by atoms with van der Waals surface area (Å²) < 4.78 is 30.0. The van der Waals surface area contributed by atoms with Crippen molar-refractivity contribution in [2.24, 2.45) is 11.8 Å². The van der Waals surface area contributed by atoms with E-state index < -0.39 is 11.9 Å². The Kier molecular flexibility index (Phi) is 9.24. The summed E-state index contributed by atoms with van der Waals surface area (Å²) in [6.07, 6.45) is 3.08. The molecule has 0 atom stereocenters. The lowest BCUT2D eigenvalue weighted by atomic mass is 9.83. The molecule has 178 valence electrons. The fourth-order valence-corrected chi connectivity index (χ4v) is 3.98. The van der Waals surface area contributed by atoms with Crippen molar-refractivity contribution in [2.45, 2.75) is 45.6 Å². The van der Waals surface area contributed by atoms with E-state index in [1.165, 1.54) is 17.0 Å². The summed E-state index contributed by atoms with van der Waals surface area (Å²) in [4.78, 5) is 25.9. The molecule has 0 heterocycles. The highest BCUT2D eigenvalue weighted by atomic mass is 19.1. The van der Waals surface area contributed by atoms with Crippen LogP contribution in [-0.4, -0.2) is 38.0 Å². The van der Waals surface area contributed by atoms with Gasteiger partial charge in [-0.2, -0.15) is 0 Å². The second-order valence-electron chi connectivity index (χ2n) is 8.67. The van der Waals surface area contributed by atoms with Crippen LogP contribution in [0.1, 0.15) is 39.5 Å². The second-order valence-corrected chi connectivity index (χ2v) is 8.67. The molecule has 0 spiro atoms. The molecule has 0 radical (unpaired) electrons. The molecule has 0 unspecified atom stereocenters. The Bertz CT molecular complexity index is 897. The zero-order chi connectivity index (χ0) is 23.6. The first-order valence-corrected chi connectivity index (χ1v) is 11.5. The van der Waals surface area contributed by atoms with Gasteiger partial charge < -0.3 is 14.2 Å². The van der Waals surface area contributed by atoms with Crippen molar-refractivity contribution >= 4 is 23.4 Å². The fraction of sp³-hybridized carbons (Fsp3) is 0.462. The van der Waals surface area contributed by atoms with E-state index in [1.54, 1.807) is 24.3 Å². The molecule has 6 nitrogen and oxygen atoms in total. The van der Waals surface area contributed by atoms with E-state index >= 15 is 0 Å². The maximum atomic E-state index is 13.8. The Hall–Kier alpha value is -2.93. The molecule has 3 rings (SSSR count). The number of nitrogens with zero attached hydrogens (tertiary/aromatic N) is 1. The molecule has 2 aromatic rings. The van der Waals surface area contributed by atoms with Gasteiger partial charge in [-0.05, 0) is 81.7 Å². The van der Waals surface area contributed by atoms with Gasteiger partial charge in [-0.25, -0.2) is 18.9 Å². The van der Waals surface area contributed by atoms with Gasteiger partial charge in [-0.3, -0.25) is 0 Å². The van der Waals surface area contributed by atoms with Crippen LogP contribution in [0.15, 0.2) is 54.6 Å². The van der Waals surface area contributed by atoms with E-state index in [2.05, 4.69) is 0 Å². The largest absolute Gasteiger partial charge is 0.461 e. The highest BCUT2D eigenvalue weighted by Crippen LogP contribution is 2.31. The van der Waals surface area contributed by atoms with E-state index in [0.717, 1.165) is 25.7 Å². The summed E-state index contributed by atoms with van der Waals surface area (Å²) in [7, 11) is 0. The predicted molar refractivity (Wildman–Crippen MR) is 124 cm³/mol. The van der Waals surface area contributed by atoms with Gasteiger partial charge >= 0.3 is 12.1 Å². The standard InChI is InChI=1S/C26H32FNO5/c1-19(2)33-25(29)18-31-16-20-11-13-21(14-12-20)17-32-26(30)28(23-8-4-3-5-9-23)24-10-6-7-22(27)15-24/h3-10,15,19-21H,11-14,16-18H2,1-2H3. The number of rotatable bonds is 9. The highest BCUT2D eigenvalue weighted by molar-refractivity contribution is 5.95. The third-order valence-electron chi connectivity index (χ3n) is 5.61. The normalized spacial score (nSPS) is 18.1. The van der Waals surface area contributed by atoms with Gasteiger partial charge in [0.05, 0.1) is 30.7 Å². The minimum Gasteiger partial charge on any atom is -0.461 e. The molecule has 0 aliphatic heterocycles. The summed E-state index contributed by atoms with van der Waals surface area (Å²) in [5.41, 5.74) is 1.04. The number of hydrogen-bond donors (Lipinski definition) is 0. The number of anilines is 2. The molecule has 1 aliphatic rings. The first kappa shape index (κ1) is 24.7. The Morgan fingerprint density at radius 3 is 2.21 bits per heavy atom. The molecule has 33 heavy (non-hydrogen) atoms. The van der Waals surface area contributed by atoms with Gasteiger partial charge in [0.2, 0.25) is 0 Å². The van der Waals surface area contributed by atoms with Crippen LogP contribution in [-0.2, 0) is 19.0 Å². The molecule has 0 aromatic heterocycles. The van der Waals surface area contributed by atoms with E-state index in [1.807, 2.05) is 32.0 Å². The molecule has 1 amide bonds. The third-order valence-corrected chi connectivity index (χ3v) is 5.61. The van der Waals surface area contributed by atoms with Crippen LogP contribution >= 0.6 is 0 Å².